The van der Waals surface area contributed by atoms with Crippen molar-refractivity contribution in [2.75, 3.05) is 19.6 Å². The van der Waals surface area contributed by atoms with Gasteiger partial charge in [0.05, 0.1) is 0 Å². The summed E-state index contributed by atoms with van der Waals surface area (Å²) in [5, 5.41) is 3.50. The first-order valence-electron chi connectivity index (χ1n) is 8.25. The second-order valence-electron chi connectivity index (χ2n) is 6.91. The van der Waals surface area contributed by atoms with Gasteiger partial charge in [-0.25, -0.2) is 0 Å². The molecule has 1 N–H and O–H groups in total. The van der Waals surface area contributed by atoms with Crippen LogP contribution in [0, 0.1) is 11.8 Å². The summed E-state index contributed by atoms with van der Waals surface area (Å²) < 4.78 is 1.25. The van der Waals surface area contributed by atoms with Crippen molar-refractivity contribution < 1.29 is 0 Å². The zero-order valence-electron chi connectivity index (χ0n) is 13.7. The highest BCUT2D eigenvalue weighted by Crippen LogP contribution is 2.23. The standard InChI is InChI=1S/C18H29BrN2/c1-14(2)11-20-12-16-4-5-17(18(19)10-16)13-21-8-6-15(3)7-9-21/h4-5,10,14-15,20H,6-9,11-13H2,1-3H3. The lowest BCUT2D eigenvalue weighted by molar-refractivity contribution is 0.185. The molecule has 3 heteroatoms. The van der Waals surface area contributed by atoms with Crippen molar-refractivity contribution in [2.45, 2.75) is 46.7 Å². The molecular weight excluding hydrogens is 324 g/mol. The van der Waals surface area contributed by atoms with Gasteiger partial charge >= 0.3 is 0 Å². The Labute approximate surface area is 138 Å². The molecule has 0 spiro atoms. The largest absolute Gasteiger partial charge is 0.312 e. The third kappa shape index (κ3) is 5.72. The van der Waals surface area contributed by atoms with Crippen LogP contribution in [0.1, 0.15) is 44.7 Å². The van der Waals surface area contributed by atoms with E-state index in [-0.39, 0.29) is 0 Å². The number of halogens is 1. The van der Waals surface area contributed by atoms with Crippen LogP contribution in [0.5, 0.6) is 0 Å². The highest BCUT2D eigenvalue weighted by Gasteiger charge is 2.16. The molecule has 0 amide bonds. The molecule has 2 nitrogen and oxygen atoms in total. The van der Waals surface area contributed by atoms with Crippen LogP contribution in [0.3, 0.4) is 0 Å². The molecule has 118 valence electrons. The van der Waals surface area contributed by atoms with E-state index in [0.717, 1.165) is 25.6 Å². The number of hydrogen-bond acceptors (Lipinski definition) is 2. The quantitative estimate of drug-likeness (QED) is 0.814. The van der Waals surface area contributed by atoms with E-state index in [1.165, 1.54) is 41.5 Å². The van der Waals surface area contributed by atoms with Gasteiger partial charge in [0, 0.05) is 17.6 Å². The number of rotatable bonds is 6. The first-order valence-corrected chi connectivity index (χ1v) is 9.04. The Balaban J connectivity index is 1.87. The Kier molecular flexibility index (Phi) is 6.72. The first kappa shape index (κ1) is 17.0. The molecule has 21 heavy (non-hydrogen) atoms. The van der Waals surface area contributed by atoms with E-state index in [9.17, 15) is 0 Å². The predicted octanol–water partition coefficient (Wildman–Crippen LogP) is 4.43. The average Bonchev–Trinajstić information content (AvgIpc) is 2.44. The Hall–Kier alpha value is -0.380. The minimum Gasteiger partial charge on any atom is -0.312 e. The lowest BCUT2D eigenvalue weighted by atomic mass is 9.99. The molecular formula is C18H29BrN2. The summed E-state index contributed by atoms with van der Waals surface area (Å²) in [5.74, 6) is 1.60. The topological polar surface area (TPSA) is 15.3 Å². The minimum absolute atomic E-state index is 0.703. The Morgan fingerprint density at radius 2 is 2.00 bits per heavy atom. The van der Waals surface area contributed by atoms with Gasteiger partial charge in [-0.05, 0) is 61.5 Å². The Morgan fingerprint density at radius 3 is 2.62 bits per heavy atom. The van der Waals surface area contributed by atoms with Crippen LogP contribution in [-0.4, -0.2) is 24.5 Å². The van der Waals surface area contributed by atoms with Gasteiger partial charge < -0.3 is 5.32 Å². The number of nitrogens with one attached hydrogen (secondary N) is 1. The summed E-state index contributed by atoms with van der Waals surface area (Å²) in [6.45, 7) is 12.4. The molecule has 1 heterocycles. The molecule has 1 aromatic carbocycles. The molecule has 1 saturated heterocycles. The van der Waals surface area contributed by atoms with Crippen molar-refractivity contribution in [3.63, 3.8) is 0 Å². The van der Waals surface area contributed by atoms with Crippen molar-refractivity contribution in [3.05, 3.63) is 33.8 Å². The van der Waals surface area contributed by atoms with Crippen LogP contribution in [0.2, 0.25) is 0 Å². The molecule has 0 aromatic heterocycles. The third-order valence-electron chi connectivity index (χ3n) is 4.27. The molecule has 1 aromatic rings. The van der Waals surface area contributed by atoms with E-state index in [1.54, 1.807) is 0 Å². The molecule has 1 fully saturated rings. The van der Waals surface area contributed by atoms with Crippen molar-refractivity contribution in [3.8, 4) is 0 Å². The Morgan fingerprint density at radius 1 is 1.29 bits per heavy atom. The summed E-state index contributed by atoms with van der Waals surface area (Å²) in [6.07, 6.45) is 2.68. The highest BCUT2D eigenvalue weighted by molar-refractivity contribution is 9.10. The van der Waals surface area contributed by atoms with Gasteiger partial charge in [0.25, 0.3) is 0 Å². The van der Waals surface area contributed by atoms with E-state index in [0.29, 0.717) is 5.92 Å². The van der Waals surface area contributed by atoms with Crippen LogP contribution >= 0.6 is 15.9 Å². The van der Waals surface area contributed by atoms with E-state index < -0.39 is 0 Å². The second-order valence-corrected chi connectivity index (χ2v) is 7.76. The lowest BCUT2D eigenvalue weighted by Gasteiger charge is -2.30. The van der Waals surface area contributed by atoms with Crippen molar-refractivity contribution in [2.24, 2.45) is 11.8 Å². The maximum atomic E-state index is 3.75. The van der Waals surface area contributed by atoms with Gasteiger partial charge in [-0.3, -0.25) is 4.90 Å². The maximum absolute atomic E-state index is 3.75. The molecule has 0 bridgehead atoms. The molecule has 0 aliphatic carbocycles. The first-order chi connectivity index (χ1) is 10.0. The molecule has 1 aliphatic heterocycles. The minimum atomic E-state index is 0.703. The van der Waals surface area contributed by atoms with Gasteiger partial charge in [-0.1, -0.05) is 48.8 Å². The van der Waals surface area contributed by atoms with Crippen molar-refractivity contribution in [1.82, 2.24) is 10.2 Å². The van der Waals surface area contributed by atoms with Crippen molar-refractivity contribution in [1.29, 1.82) is 0 Å². The van der Waals surface area contributed by atoms with Crippen LogP contribution in [0.15, 0.2) is 22.7 Å². The van der Waals surface area contributed by atoms with E-state index in [1.807, 2.05) is 0 Å². The summed E-state index contributed by atoms with van der Waals surface area (Å²) >= 11 is 3.75. The molecule has 0 atom stereocenters. The smallest absolute Gasteiger partial charge is 0.0244 e. The third-order valence-corrected chi connectivity index (χ3v) is 5.01. The average molecular weight is 353 g/mol. The molecule has 0 radical (unpaired) electrons. The van der Waals surface area contributed by atoms with Crippen LogP contribution in [0.25, 0.3) is 0 Å². The zero-order valence-corrected chi connectivity index (χ0v) is 15.2. The summed E-state index contributed by atoms with van der Waals surface area (Å²) in [5.41, 5.74) is 2.77. The van der Waals surface area contributed by atoms with Gasteiger partial charge in [0.2, 0.25) is 0 Å². The monoisotopic (exact) mass is 352 g/mol. The number of nitrogens with zero attached hydrogens (tertiary/aromatic N) is 1. The summed E-state index contributed by atoms with van der Waals surface area (Å²) in [7, 11) is 0. The van der Waals surface area contributed by atoms with Gasteiger partial charge in [0.15, 0.2) is 0 Å². The van der Waals surface area contributed by atoms with Gasteiger partial charge in [-0.2, -0.15) is 0 Å². The molecule has 0 saturated carbocycles. The fourth-order valence-corrected chi connectivity index (χ4v) is 3.35. The summed E-state index contributed by atoms with van der Waals surface area (Å²) in [6, 6.07) is 6.82. The lowest BCUT2D eigenvalue weighted by Crippen LogP contribution is -2.32. The number of hydrogen-bond donors (Lipinski definition) is 1. The number of piperidine rings is 1. The van der Waals surface area contributed by atoms with Gasteiger partial charge in [0.1, 0.15) is 0 Å². The van der Waals surface area contributed by atoms with Crippen LogP contribution < -0.4 is 5.32 Å². The van der Waals surface area contributed by atoms with Crippen molar-refractivity contribution >= 4 is 15.9 Å². The van der Waals surface area contributed by atoms with Crippen LogP contribution in [-0.2, 0) is 13.1 Å². The molecule has 1 aliphatic rings. The predicted molar refractivity (Wildman–Crippen MR) is 94.4 cm³/mol. The second kappa shape index (κ2) is 8.30. The van der Waals surface area contributed by atoms with Gasteiger partial charge in [-0.15, -0.1) is 0 Å². The fourth-order valence-electron chi connectivity index (χ4n) is 2.80. The molecule has 0 unspecified atom stereocenters. The van der Waals surface area contributed by atoms with E-state index in [2.05, 4.69) is 65.1 Å². The molecule has 2 rings (SSSR count). The SMILES string of the molecule is CC(C)CNCc1ccc(CN2CCC(C)CC2)c(Br)c1. The van der Waals surface area contributed by atoms with Crippen LogP contribution in [0.4, 0.5) is 0 Å². The van der Waals surface area contributed by atoms with E-state index in [4.69, 9.17) is 0 Å². The highest BCUT2D eigenvalue weighted by atomic mass is 79.9. The number of benzene rings is 1. The Bertz CT molecular complexity index is 437. The fraction of sp³-hybridized carbons (Fsp3) is 0.667. The van der Waals surface area contributed by atoms with E-state index >= 15 is 0 Å². The summed E-state index contributed by atoms with van der Waals surface area (Å²) in [4.78, 5) is 2.58. The normalized spacial score (nSPS) is 17.6. The number of likely N-dealkylation sites (tertiary alicyclic amines) is 1. The maximum Gasteiger partial charge on any atom is 0.0244 e. The zero-order chi connectivity index (χ0) is 15.2.